The van der Waals surface area contributed by atoms with Crippen LogP contribution < -0.4 is 5.32 Å². The van der Waals surface area contributed by atoms with Crippen molar-refractivity contribution < 1.29 is 19.1 Å². The number of ether oxygens (including phenoxy) is 1. The van der Waals surface area contributed by atoms with E-state index in [2.05, 4.69) is 10.3 Å². The largest absolute Gasteiger partial charge is 0.453 e. The van der Waals surface area contributed by atoms with E-state index < -0.39 is 11.4 Å². The van der Waals surface area contributed by atoms with Crippen molar-refractivity contribution in [3.63, 3.8) is 0 Å². The van der Waals surface area contributed by atoms with Crippen molar-refractivity contribution in [1.82, 2.24) is 10.3 Å². The van der Waals surface area contributed by atoms with Gasteiger partial charge in [0.05, 0.1) is 22.1 Å². The lowest BCUT2D eigenvalue weighted by Crippen LogP contribution is -2.34. The first kappa shape index (κ1) is 20.3. The van der Waals surface area contributed by atoms with Crippen molar-refractivity contribution in [3.05, 3.63) is 37.5 Å². The number of esters is 1. The molecule has 0 spiro atoms. The number of nitrogens with one attached hydrogen (secondary N) is 1. The lowest BCUT2D eigenvalue weighted by Gasteiger charge is -2.17. The van der Waals surface area contributed by atoms with Gasteiger partial charge in [-0.05, 0) is 26.0 Å². The highest BCUT2D eigenvalue weighted by Gasteiger charge is 2.21. The van der Waals surface area contributed by atoms with Gasteiger partial charge in [-0.3, -0.25) is 9.59 Å². The molecule has 0 aliphatic rings. The summed E-state index contributed by atoms with van der Waals surface area (Å²) >= 11 is 2.53. The van der Waals surface area contributed by atoms with Crippen LogP contribution in [-0.2, 0) is 16.1 Å². The van der Waals surface area contributed by atoms with Gasteiger partial charge in [0.25, 0.3) is 0 Å². The molecule has 0 radical (unpaired) electrons. The van der Waals surface area contributed by atoms with Crippen LogP contribution in [-0.4, -0.2) is 29.3 Å². The van der Waals surface area contributed by atoms with Crippen LogP contribution in [0.5, 0.6) is 0 Å². The highest BCUT2D eigenvalue weighted by Crippen LogP contribution is 2.20. The van der Waals surface area contributed by atoms with Crippen LogP contribution in [0.4, 0.5) is 0 Å². The first-order valence-corrected chi connectivity index (χ1v) is 9.72. The molecule has 8 heteroatoms. The van der Waals surface area contributed by atoms with Gasteiger partial charge in [-0.15, -0.1) is 22.7 Å². The Balaban J connectivity index is 1.88. The minimum Gasteiger partial charge on any atom is -0.453 e. The maximum Gasteiger partial charge on any atom is 0.350 e. The monoisotopic (exact) mass is 394 g/mol. The predicted molar refractivity (Wildman–Crippen MR) is 102 cm³/mol. The fourth-order valence-electron chi connectivity index (χ4n) is 2.04. The molecule has 0 unspecified atom stereocenters. The number of hydrogen-bond acceptors (Lipinski definition) is 7. The van der Waals surface area contributed by atoms with Crippen LogP contribution in [0, 0.1) is 19.3 Å². The molecule has 0 aromatic carbocycles. The number of Topliss-reactive ketones (excluding diaryl/α,β-unsaturated/α-hetero) is 1. The normalized spacial score (nSPS) is 11.3. The van der Waals surface area contributed by atoms with Crippen LogP contribution in [0.1, 0.15) is 55.7 Å². The first-order valence-electron chi connectivity index (χ1n) is 8.09. The maximum atomic E-state index is 12.2. The molecule has 0 aliphatic heterocycles. The Morgan fingerprint density at radius 3 is 2.42 bits per heavy atom. The van der Waals surface area contributed by atoms with E-state index in [0.717, 1.165) is 9.88 Å². The zero-order chi connectivity index (χ0) is 19.5. The molecule has 0 saturated heterocycles. The minimum atomic E-state index is -0.532. The average Bonchev–Trinajstić information content (AvgIpc) is 3.15. The van der Waals surface area contributed by atoms with Gasteiger partial charge in [-0.1, -0.05) is 20.8 Å². The van der Waals surface area contributed by atoms with Crippen molar-refractivity contribution in [2.45, 2.75) is 41.2 Å². The van der Waals surface area contributed by atoms with Gasteiger partial charge in [-0.25, -0.2) is 9.78 Å². The lowest BCUT2D eigenvalue weighted by molar-refractivity contribution is -0.128. The summed E-state index contributed by atoms with van der Waals surface area (Å²) in [6.45, 7) is 9.12. The number of carbonyl (C=O) groups is 3. The van der Waals surface area contributed by atoms with Crippen molar-refractivity contribution in [2.24, 2.45) is 5.41 Å². The van der Waals surface area contributed by atoms with Gasteiger partial charge in [-0.2, -0.15) is 0 Å². The molecule has 0 atom stereocenters. The predicted octanol–water partition coefficient (Wildman–Crippen LogP) is 3.52. The Hall–Kier alpha value is -2.06. The molecule has 2 heterocycles. The molecule has 0 saturated carbocycles. The van der Waals surface area contributed by atoms with E-state index in [9.17, 15) is 14.4 Å². The van der Waals surface area contributed by atoms with Crippen LogP contribution in [0.2, 0.25) is 0 Å². The molecule has 140 valence electrons. The van der Waals surface area contributed by atoms with Crippen LogP contribution in [0.25, 0.3) is 0 Å². The van der Waals surface area contributed by atoms with Crippen molar-refractivity contribution >= 4 is 40.3 Å². The highest BCUT2D eigenvalue weighted by molar-refractivity contribution is 7.14. The van der Waals surface area contributed by atoms with Gasteiger partial charge >= 0.3 is 5.97 Å². The maximum absolute atomic E-state index is 12.2. The fourth-order valence-corrected chi connectivity index (χ4v) is 3.73. The third-order valence-electron chi connectivity index (χ3n) is 3.46. The smallest absolute Gasteiger partial charge is 0.350 e. The third kappa shape index (κ3) is 5.22. The van der Waals surface area contributed by atoms with Crippen LogP contribution >= 0.6 is 22.7 Å². The summed E-state index contributed by atoms with van der Waals surface area (Å²) in [4.78, 5) is 42.1. The van der Waals surface area contributed by atoms with Crippen LogP contribution in [0.15, 0.2) is 12.1 Å². The zero-order valence-corrected chi connectivity index (χ0v) is 17.1. The Morgan fingerprint density at radius 2 is 1.85 bits per heavy atom. The van der Waals surface area contributed by atoms with E-state index in [0.29, 0.717) is 22.0 Å². The van der Waals surface area contributed by atoms with Crippen LogP contribution in [0.3, 0.4) is 0 Å². The molecule has 0 fully saturated rings. The number of ketones is 1. The average molecular weight is 395 g/mol. The number of carbonyl (C=O) groups excluding carboxylic acids is 3. The van der Waals surface area contributed by atoms with E-state index in [1.54, 1.807) is 19.1 Å². The molecule has 0 aliphatic carbocycles. The summed E-state index contributed by atoms with van der Waals surface area (Å²) in [5.41, 5.74) is 0.148. The van der Waals surface area contributed by atoms with E-state index in [-0.39, 0.29) is 18.3 Å². The molecular weight excluding hydrogens is 372 g/mol. The van der Waals surface area contributed by atoms with E-state index in [1.165, 1.54) is 22.7 Å². The third-order valence-corrected chi connectivity index (χ3v) is 5.64. The van der Waals surface area contributed by atoms with E-state index >= 15 is 0 Å². The fraction of sp³-hybridized carbons (Fsp3) is 0.444. The van der Waals surface area contributed by atoms with Gasteiger partial charge in [0.2, 0.25) is 11.7 Å². The molecule has 1 amide bonds. The second-order valence-electron chi connectivity index (χ2n) is 6.85. The summed E-state index contributed by atoms with van der Waals surface area (Å²) in [6, 6.07) is 3.47. The van der Waals surface area contributed by atoms with Gasteiger partial charge in [0, 0.05) is 10.3 Å². The van der Waals surface area contributed by atoms with Crippen molar-refractivity contribution in [2.75, 3.05) is 6.61 Å². The summed E-state index contributed by atoms with van der Waals surface area (Å²) in [6.07, 6.45) is 0. The van der Waals surface area contributed by atoms with E-state index in [1.807, 2.05) is 27.7 Å². The van der Waals surface area contributed by atoms with Gasteiger partial charge in [0.1, 0.15) is 4.88 Å². The minimum absolute atomic E-state index is 0.0528. The topological polar surface area (TPSA) is 85.4 Å². The summed E-state index contributed by atoms with van der Waals surface area (Å²) in [5.74, 6) is -0.853. The molecule has 1 N–H and O–H groups in total. The summed E-state index contributed by atoms with van der Waals surface area (Å²) < 4.78 is 5.11. The molecule has 2 aromatic rings. The molecular formula is C18H22N2O4S2. The Kier molecular flexibility index (Phi) is 6.30. The molecule has 0 bridgehead atoms. The highest BCUT2D eigenvalue weighted by atomic mass is 32.1. The molecule has 26 heavy (non-hydrogen) atoms. The van der Waals surface area contributed by atoms with Gasteiger partial charge in [0.15, 0.2) is 6.61 Å². The second-order valence-corrected chi connectivity index (χ2v) is 9.22. The Bertz CT molecular complexity index is 831. The number of thiophene rings is 1. The SMILES string of the molecule is Cc1nc(C)c(C(=O)OCC(=O)c2ccc(CNC(=O)C(C)(C)C)s2)s1. The number of rotatable bonds is 6. The zero-order valence-electron chi connectivity index (χ0n) is 15.5. The van der Waals surface area contributed by atoms with E-state index in [4.69, 9.17) is 4.74 Å². The molecule has 2 rings (SSSR count). The number of nitrogens with zero attached hydrogens (tertiary/aromatic N) is 1. The molecule has 2 aromatic heterocycles. The van der Waals surface area contributed by atoms with Crippen molar-refractivity contribution in [3.8, 4) is 0 Å². The van der Waals surface area contributed by atoms with Gasteiger partial charge < -0.3 is 10.1 Å². The second kappa shape index (κ2) is 8.09. The number of hydrogen-bond donors (Lipinski definition) is 1. The summed E-state index contributed by atoms with van der Waals surface area (Å²) in [5, 5.41) is 3.62. The Labute approximate surface area is 160 Å². The lowest BCUT2D eigenvalue weighted by atomic mass is 9.96. The number of aromatic nitrogens is 1. The summed E-state index contributed by atoms with van der Waals surface area (Å²) in [7, 11) is 0. The quantitative estimate of drug-likeness (QED) is 0.598. The number of amides is 1. The van der Waals surface area contributed by atoms with Crippen molar-refractivity contribution in [1.29, 1.82) is 0 Å². The standard InChI is InChI=1S/C18H22N2O4S2/c1-10-15(25-11(2)20-10)16(22)24-9-13(21)14-7-6-12(26-14)8-19-17(23)18(3,4)5/h6-7H,8-9H2,1-5H3,(H,19,23). The first-order chi connectivity index (χ1) is 12.1. The molecule has 6 nitrogen and oxygen atoms in total. The number of thiazole rings is 1. The Morgan fingerprint density at radius 1 is 1.15 bits per heavy atom. The number of aryl methyl sites for hydroxylation is 2.